The van der Waals surface area contributed by atoms with E-state index in [4.69, 9.17) is 23.2 Å². The molecule has 5 heteroatoms. The molecule has 1 heterocycles. The van der Waals surface area contributed by atoms with Crippen molar-refractivity contribution in [1.82, 2.24) is 9.55 Å². The van der Waals surface area contributed by atoms with Gasteiger partial charge >= 0.3 is 0 Å². The van der Waals surface area contributed by atoms with Crippen LogP contribution in [0.25, 0.3) is 0 Å². The molecule has 1 rings (SSSR count). The highest BCUT2D eigenvalue weighted by Gasteiger charge is 2.07. The third-order valence-electron chi connectivity index (χ3n) is 1.89. The molecular formula is C9H12Cl2N2O. The van der Waals surface area contributed by atoms with E-state index in [0.717, 1.165) is 6.42 Å². The van der Waals surface area contributed by atoms with Crippen LogP contribution in [-0.4, -0.2) is 9.55 Å². The van der Waals surface area contributed by atoms with E-state index in [2.05, 4.69) is 18.8 Å². The van der Waals surface area contributed by atoms with Crippen molar-refractivity contribution in [2.45, 2.75) is 26.8 Å². The van der Waals surface area contributed by atoms with Crippen LogP contribution < -0.4 is 5.56 Å². The summed E-state index contributed by atoms with van der Waals surface area (Å²) in [6, 6.07) is 0. The maximum absolute atomic E-state index is 11.5. The average molecular weight is 235 g/mol. The van der Waals surface area contributed by atoms with Crippen LogP contribution in [0.5, 0.6) is 0 Å². The lowest BCUT2D eigenvalue weighted by Gasteiger charge is -2.07. The Kier molecular flexibility index (Phi) is 3.96. The zero-order chi connectivity index (χ0) is 10.7. The van der Waals surface area contributed by atoms with Gasteiger partial charge in [-0.2, -0.15) is 0 Å². The van der Waals surface area contributed by atoms with Crippen LogP contribution in [0.2, 0.25) is 10.2 Å². The highest BCUT2D eigenvalue weighted by molar-refractivity contribution is 6.40. The molecule has 0 aromatic carbocycles. The van der Waals surface area contributed by atoms with Gasteiger partial charge in [-0.25, -0.2) is 4.98 Å². The molecule has 14 heavy (non-hydrogen) atoms. The van der Waals surface area contributed by atoms with Gasteiger partial charge in [-0.3, -0.25) is 9.36 Å². The molecule has 0 atom stereocenters. The largest absolute Gasteiger partial charge is 0.298 e. The summed E-state index contributed by atoms with van der Waals surface area (Å²) >= 11 is 11.3. The first-order chi connectivity index (χ1) is 6.52. The molecule has 0 amide bonds. The first kappa shape index (κ1) is 11.5. The predicted octanol–water partition coefficient (Wildman–Crippen LogP) is 2.60. The van der Waals surface area contributed by atoms with Crippen molar-refractivity contribution in [3.63, 3.8) is 0 Å². The van der Waals surface area contributed by atoms with Crippen molar-refractivity contribution in [2.24, 2.45) is 5.92 Å². The normalized spacial score (nSPS) is 10.9. The second-order valence-electron chi connectivity index (χ2n) is 3.53. The second-order valence-corrected chi connectivity index (χ2v) is 4.27. The van der Waals surface area contributed by atoms with Crippen molar-refractivity contribution in [3.05, 3.63) is 26.9 Å². The van der Waals surface area contributed by atoms with Crippen molar-refractivity contribution >= 4 is 23.2 Å². The van der Waals surface area contributed by atoms with Crippen LogP contribution in [0.1, 0.15) is 20.3 Å². The lowest BCUT2D eigenvalue weighted by molar-refractivity contribution is 0.504. The van der Waals surface area contributed by atoms with Crippen molar-refractivity contribution in [3.8, 4) is 0 Å². The maximum Gasteiger partial charge on any atom is 0.273 e. The van der Waals surface area contributed by atoms with E-state index in [1.165, 1.54) is 10.9 Å². The molecule has 0 aliphatic carbocycles. The Morgan fingerprint density at radius 2 is 2.14 bits per heavy atom. The summed E-state index contributed by atoms with van der Waals surface area (Å²) in [6.45, 7) is 4.81. The molecule has 1 aromatic rings. The van der Waals surface area contributed by atoms with Gasteiger partial charge in [-0.05, 0) is 12.3 Å². The van der Waals surface area contributed by atoms with E-state index in [9.17, 15) is 4.79 Å². The Hall–Kier alpha value is -0.540. The summed E-state index contributed by atoms with van der Waals surface area (Å²) in [5.41, 5.74) is -0.271. The van der Waals surface area contributed by atoms with Crippen molar-refractivity contribution in [1.29, 1.82) is 0 Å². The third-order valence-corrected chi connectivity index (χ3v) is 2.61. The lowest BCUT2D eigenvalue weighted by Crippen LogP contribution is -2.21. The van der Waals surface area contributed by atoms with Gasteiger partial charge in [0.05, 0.1) is 6.33 Å². The van der Waals surface area contributed by atoms with E-state index in [1.54, 1.807) is 0 Å². The monoisotopic (exact) mass is 234 g/mol. The van der Waals surface area contributed by atoms with E-state index in [1.807, 2.05) is 0 Å². The topological polar surface area (TPSA) is 34.9 Å². The fourth-order valence-electron chi connectivity index (χ4n) is 1.00. The summed E-state index contributed by atoms with van der Waals surface area (Å²) in [4.78, 5) is 15.3. The van der Waals surface area contributed by atoms with Crippen LogP contribution in [-0.2, 0) is 6.54 Å². The van der Waals surface area contributed by atoms with Gasteiger partial charge in [0.2, 0.25) is 0 Å². The van der Waals surface area contributed by atoms with Gasteiger partial charge in [-0.15, -0.1) is 0 Å². The van der Waals surface area contributed by atoms with Crippen LogP contribution in [0, 0.1) is 5.92 Å². The molecule has 0 saturated carbocycles. The minimum atomic E-state index is -0.271. The van der Waals surface area contributed by atoms with Crippen molar-refractivity contribution < 1.29 is 0 Å². The van der Waals surface area contributed by atoms with Crippen LogP contribution in [0.4, 0.5) is 0 Å². The highest BCUT2D eigenvalue weighted by atomic mass is 35.5. The highest BCUT2D eigenvalue weighted by Crippen LogP contribution is 2.13. The fraction of sp³-hybridized carbons (Fsp3) is 0.556. The number of aryl methyl sites for hydroxylation is 1. The number of hydrogen-bond donors (Lipinski definition) is 0. The van der Waals surface area contributed by atoms with Gasteiger partial charge in [0, 0.05) is 6.54 Å². The Morgan fingerprint density at radius 1 is 1.50 bits per heavy atom. The van der Waals surface area contributed by atoms with E-state index < -0.39 is 0 Å². The average Bonchev–Trinajstić information content (AvgIpc) is 2.13. The molecule has 0 bridgehead atoms. The first-order valence-corrected chi connectivity index (χ1v) is 5.18. The molecular weight excluding hydrogens is 223 g/mol. The molecule has 0 saturated heterocycles. The maximum atomic E-state index is 11.5. The number of hydrogen-bond acceptors (Lipinski definition) is 2. The van der Waals surface area contributed by atoms with Gasteiger partial charge in [0.15, 0.2) is 5.15 Å². The molecule has 3 nitrogen and oxygen atoms in total. The summed E-state index contributed by atoms with van der Waals surface area (Å²) in [5.74, 6) is 0.538. The molecule has 0 radical (unpaired) electrons. The summed E-state index contributed by atoms with van der Waals surface area (Å²) in [6.07, 6.45) is 2.35. The number of aromatic nitrogens is 2. The molecule has 0 spiro atoms. The minimum absolute atomic E-state index is 0.00192. The first-order valence-electron chi connectivity index (χ1n) is 4.42. The number of rotatable bonds is 3. The fourth-order valence-corrected chi connectivity index (χ4v) is 1.28. The molecule has 0 aliphatic heterocycles. The molecule has 78 valence electrons. The third kappa shape index (κ3) is 2.72. The molecule has 0 N–H and O–H groups in total. The van der Waals surface area contributed by atoms with Crippen LogP contribution >= 0.6 is 23.2 Å². The smallest absolute Gasteiger partial charge is 0.273 e. The second kappa shape index (κ2) is 4.80. The van der Waals surface area contributed by atoms with E-state index >= 15 is 0 Å². The molecule has 0 aliphatic rings. The van der Waals surface area contributed by atoms with Crippen molar-refractivity contribution in [2.75, 3.05) is 0 Å². The number of nitrogens with zero attached hydrogens (tertiary/aromatic N) is 2. The van der Waals surface area contributed by atoms with Gasteiger partial charge < -0.3 is 0 Å². The lowest BCUT2D eigenvalue weighted by atomic mass is 10.1. The summed E-state index contributed by atoms with van der Waals surface area (Å²) in [7, 11) is 0. The van der Waals surface area contributed by atoms with Gasteiger partial charge in [0.25, 0.3) is 5.56 Å². The number of halogens is 2. The minimum Gasteiger partial charge on any atom is -0.298 e. The van der Waals surface area contributed by atoms with Gasteiger partial charge in [0.1, 0.15) is 5.02 Å². The van der Waals surface area contributed by atoms with Crippen LogP contribution in [0.3, 0.4) is 0 Å². The standard InChI is InChI=1S/C9H12Cl2N2O/c1-6(2)3-4-13-5-12-8(11)7(10)9(13)14/h5-6H,3-4H2,1-2H3. The Morgan fingerprint density at radius 3 is 2.71 bits per heavy atom. The summed E-state index contributed by atoms with van der Waals surface area (Å²) in [5, 5.41) is 0.0652. The molecule has 0 fully saturated rings. The quantitative estimate of drug-likeness (QED) is 0.754. The summed E-state index contributed by atoms with van der Waals surface area (Å²) < 4.78 is 1.48. The Bertz CT molecular complexity index is 374. The van der Waals surface area contributed by atoms with E-state index in [0.29, 0.717) is 12.5 Å². The Labute approximate surface area is 92.7 Å². The Balaban J connectivity index is 2.89. The molecule has 1 aromatic heterocycles. The zero-order valence-electron chi connectivity index (χ0n) is 8.13. The van der Waals surface area contributed by atoms with Gasteiger partial charge in [-0.1, -0.05) is 37.0 Å². The van der Waals surface area contributed by atoms with Crippen LogP contribution in [0.15, 0.2) is 11.1 Å². The predicted molar refractivity (Wildman–Crippen MR) is 58.0 cm³/mol. The molecule has 0 unspecified atom stereocenters. The zero-order valence-corrected chi connectivity index (χ0v) is 9.64. The SMILES string of the molecule is CC(C)CCn1cnc(Cl)c(Cl)c1=O. The van der Waals surface area contributed by atoms with E-state index in [-0.39, 0.29) is 15.7 Å².